The third-order valence-corrected chi connectivity index (χ3v) is 5.00. The normalized spacial score (nSPS) is 14.8. The van der Waals surface area contributed by atoms with Gasteiger partial charge in [0, 0.05) is 39.1 Å². The number of piperidine rings is 1. The first-order valence-corrected chi connectivity index (χ1v) is 9.38. The highest BCUT2D eigenvalue weighted by Crippen LogP contribution is 2.18. The van der Waals surface area contributed by atoms with E-state index in [1.165, 1.54) is 5.56 Å². The van der Waals surface area contributed by atoms with Gasteiger partial charge in [0.2, 0.25) is 0 Å². The molecule has 2 aromatic rings. The van der Waals surface area contributed by atoms with Crippen LogP contribution in [0.5, 0.6) is 0 Å². The Hall–Kier alpha value is -2.76. The van der Waals surface area contributed by atoms with Gasteiger partial charge >= 0.3 is 6.09 Å². The molecule has 2 amide bonds. The summed E-state index contributed by atoms with van der Waals surface area (Å²) in [5.41, 5.74) is 2.86. The molecule has 6 heteroatoms. The largest absolute Gasteiger partial charge is 0.445 e. The van der Waals surface area contributed by atoms with Gasteiger partial charge in [0.15, 0.2) is 0 Å². The highest BCUT2D eigenvalue weighted by Gasteiger charge is 2.24. The maximum atomic E-state index is 12.2. The Balaban J connectivity index is 1.37. The predicted octanol–water partition coefficient (Wildman–Crippen LogP) is 3.11. The van der Waals surface area contributed by atoms with Gasteiger partial charge in [-0.1, -0.05) is 29.8 Å². The zero-order valence-electron chi connectivity index (χ0n) is 16.0. The molecule has 2 heterocycles. The average Bonchev–Trinajstić information content (AvgIpc) is 3.12. The second-order valence-electron chi connectivity index (χ2n) is 7.25. The highest BCUT2D eigenvalue weighted by molar-refractivity contribution is 5.94. The van der Waals surface area contributed by atoms with Crippen molar-refractivity contribution in [3.05, 3.63) is 59.4 Å². The van der Waals surface area contributed by atoms with Gasteiger partial charge in [-0.2, -0.15) is 0 Å². The first-order valence-electron chi connectivity index (χ1n) is 9.38. The quantitative estimate of drug-likeness (QED) is 0.881. The first kappa shape index (κ1) is 19.0. The number of carbonyl (C=O) groups is 2. The van der Waals surface area contributed by atoms with Crippen molar-refractivity contribution in [3.8, 4) is 0 Å². The minimum atomic E-state index is -0.262. The number of carbonyl (C=O) groups excluding carboxylic acids is 2. The molecule has 1 fully saturated rings. The molecule has 0 saturated carbocycles. The summed E-state index contributed by atoms with van der Waals surface area (Å²) in [7, 11) is 1.89. The van der Waals surface area contributed by atoms with Gasteiger partial charge in [-0.25, -0.2) is 4.79 Å². The Bertz CT molecular complexity index is 774. The fraction of sp³-hybridized carbons (Fsp3) is 0.429. The van der Waals surface area contributed by atoms with Gasteiger partial charge in [0.1, 0.15) is 6.61 Å². The number of benzene rings is 1. The van der Waals surface area contributed by atoms with Crippen molar-refractivity contribution in [2.24, 2.45) is 13.0 Å². The highest BCUT2D eigenvalue weighted by atomic mass is 16.6. The minimum Gasteiger partial charge on any atom is -0.445 e. The molecule has 0 aliphatic carbocycles. The maximum absolute atomic E-state index is 12.2. The molecule has 144 valence electrons. The van der Waals surface area contributed by atoms with Gasteiger partial charge in [-0.3, -0.25) is 4.79 Å². The van der Waals surface area contributed by atoms with Gasteiger partial charge < -0.3 is 19.5 Å². The summed E-state index contributed by atoms with van der Waals surface area (Å²) in [4.78, 5) is 26.1. The average molecular weight is 369 g/mol. The van der Waals surface area contributed by atoms with Crippen LogP contribution >= 0.6 is 0 Å². The van der Waals surface area contributed by atoms with Crippen molar-refractivity contribution < 1.29 is 14.3 Å². The summed E-state index contributed by atoms with van der Waals surface area (Å²) in [5.74, 6) is 0.342. The summed E-state index contributed by atoms with van der Waals surface area (Å²) in [6, 6.07) is 9.79. The summed E-state index contributed by atoms with van der Waals surface area (Å²) in [6.07, 6.45) is 5.14. The first-order chi connectivity index (χ1) is 13.0. The number of ether oxygens (including phenoxy) is 1. The monoisotopic (exact) mass is 369 g/mol. The number of rotatable bonds is 5. The SMILES string of the molecule is Cc1ccc(COC(=O)N2CCC(CNC(=O)c3ccn(C)c3)CC2)cc1. The maximum Gasteiger partial charge on any atom is 0.410 e. The molecule has 0 radical (unpaired) electrons. The third-order valence-electron chi connectivity index (χ3n) is 5.00. The molecule has 0 spiro atoms. The Kier molecular flexibility index (Phi) is 6.16. The van der Waals surface area contributed by atoms with E-state index in [2.05, 4.69) is 5.32 Å². The number of aryl methyl sites for hydroxylation is 2. The van der Waals surface area contributed by atoms with Crippen molar-refractivity contribution in [1.82, 2.24) is 14.8 Å². The van der Waals surface area contributed by atoms with Crippen molar-refractivity contribution in [2.45, 2.75) is 26.4 Å². The van der Waals surface area contributed by atoms with Gasteiger partial charge in [-0.05, 0) is 37.3 Å². The molecule has 6 nitrogen and oxygen atoms in total. The topological polar surface area (TPSA) is 63.6 Å². The van der Waals surface area contributed by atoms with E-state index in [-0.39, 0.29) is 12.0 Å². The van der Waals surface area contributed by atoms with Crippen LogP contribution < -0.4 is 5.32 Å². The lowest BCUT2D eigenvalue weighted by molar-refractivity contribution is 0.0801. The van der Waals surface area contributed by atoms with Crippen LogP contribution in [0.2, 0.25) is 0 Å². The van der Waals surface area contributed by atoms with Crippen LogP contribution in [0.3, 0.4) is 0 Å². The molecule has 0 bridgehead atoms. The summed E-state index contributed by atoms with van der Waals surface area (Å²) in [5, 5.41) is 2.99. The number of likely N-dealkylation sites (tertiary alicyclic amines) is 1. The molecule has 1 saturated heterocycles. The van der Waals surface area contributed by atoms with Crippen molar-refractivity contribution in [3.63, 3.8) is 0 Å². The summed E-state index contributed by atoms with van der Waals surface area (Å²) in [6.45, 7) is 4.30. The lowest BCUT2D eigenvalue weighted by Gasteiger charge is -2.31. The van der Waals surface area contributed by atoms with E-state index in [0.29, 0.717) is 37.7 Å². The molecule has 0 unspecified atom stereocenters. The van der Waals surface area contributed by atoms with Crippen LogP contribution in [0.25, 0.3) is 0 Å². The molecule has 1 N–H and O–H groups in total. The second kappa shape index (κ2) is 8.75. The number of amides is 2. The molecule has 1 aliphatic heterocycles. The molecular formula is C21H27N3O3. The number of hydrogen-bond acceptors (Lipinski definition) is 3. The second-order valence-corrected chi connectivity index (χ2v) is 7.25. The van der Waals surface area contributed by atoms with Crippen LogP contribution in [0.1, 0.15) is 34.3 Å². The molecule has 1 aromatic carbocycles. The lowest BCUT2D eigenvalue weighted by Crippen LogP contribution is -2.41. The van der Waals surface area contributed by atoms with E-state index in [1.54, 1.807) is 4.90 Å². The number of hydrogen-bond donors (Lipinski definition) is 1. The van der Waals surface area contributed by atoms with E-state index >= 15 is 0 Å². The van der Waals surface area contributed by atoms with Crippen molar-refractivity contribution in [2.75, 3.05) is 19.6 Å². The van der Waals surface area contributed by atoms with Crippen LogP contribution in [-0.2, 0) is 18.4 Å². The standard InChI is InChI=1S/C21H27N3O3/c1-16-3-5-18(6-4-16)15-27-21(26)24-11-7-17(8-12-24)13-22-20(25)19-9-10-23(2)14-19/h3-6,9-10,14,17H,7-8,11-13,15H2,1-2H3,(H,22,25). The van der Waals surface area contributed by atoms with Gasteiger partial charge in [0.05, 0.1) is 5.56 Å². The lowest BCUT2D eigenvalue weighted by atomic mass is 9.97. The zero-order chi connectivity index (χ0) is 19.2. The molecule has 27 heavy (non-hydrogen) atoms. The minimum absolute atomic E-state index is 0.0458. The van der Waals surface area contributed by atoms with E-state index in [9.17, 15) is 9.59 Å². The Morgan fingerprint density at radius 2 is 1.85 bits per heavy atom. The molecular weight excluding hydrogens is 342 g/mol. The molecule has 3 rings (SSSR count). The Morgan fingerprint density at radius 1 is 1.15 bits per heavy atom. The van der Waals surface area contributed by atoms with Crippen LogP contribution in [0.15, 0.2) is 42.7 Å². The molecule has 0 atom stereocenters. The van der Waals surface area contributed by atoms with Crippen LogP contribution in [0, 0.1) is 12.8 Å². The Labute approximate surface area is 160 Å². The van der Waals surface area contributed by atoms with Crippen molar-refractivity contribution >= 4 is 12.0 Å². The van der Waals surface area contributed by atoms with Crippen LogP contribution in [-0.4, -0.2) is 41.1 Å². The van der Waals surface area contributed by atoms with E-state index in [4.69, 9.17) is 4.74 Å². The van der Waals surface area contributed by atoms with Gasteiger partial charge in [0.25, 0.3) is 5.91 Å². The molecule has 1 aromatic heterocycles. The number of nitrogens with one attached hydrogen (secondary N) is 1. The van der Waals surface area contributed by atoms with Gasteiger partial charge in [-0.15, -0.1) is 0 Å². The van der Waals surface area contributed by atoms with Crippen LogP contribution in [0.4, 0.5) is 4.79 Å². The summed E-state index contributed by atoms with van der Waals surface area (Å²) < 4.78 is 7.27. The number of nitrogens with zero attached hydrogens (tertiary/aromatic N) is 2. The van der Waals surface area contributed by atoms with E-state index in [0.717, 1.165) is 18.4 Å². The van der Waals surface area contributed by atoms with Crippen molar-refractivity contribution in [1.29, 1.82) is 0 Å². The van der Waals surface area contributed by atoms with E-state index in [1.807, 2.05) is 61.3 Å². The molecule has 1 aliphatic rings. The fourth-order valence-corrected chi connectivity index (χ4v) is 3.22. The summed E-state index contributed by atoms with van der Waals surface area (Å²) >= 11 is 0. The predicted molar refractivity (Wildman–Crippen MR) is 103 cm³/mol. The van der Waals surface area contributed by atoms with E-state index < -0.39 is 0 Å². The smallest absolute Gasteiger partial charge is 0.410 e. The fourth-order valence-electron chi connectivity index (χ4n) is 3.22. The third kappa shape index (κ3) is 5.36. The zero-order valence-corrected chi connectivity index (χ0v) is 16.0. The number of aromatic nitrogens is 1. The Morgan fingerprint density at radius 3 is 2.48 bits per heavy atom.